The Morgan fingerprint density at radius 3 is 2.73 bits per heavy atom. The number of hydrogen-bond acceptors (Lipinski definition) is 6. The van der Waals surface area contributed by atoms with Crippen molar-refractivity contribution in [2.24, 2.45) is 0 Å². The third-order valence-corrected chi connectivity index (χ3v) is 4.40. The van der Waals surface area contributed by atoms with Crippen molar-refractivity contribution in [2.75, 3.05) is 12.4 Å². The number of carbonyl (C=O) groups excluding carboxylic acids is 2. The van der Waals surface area contributed by atoms with E-state index in [-0.39, 0.29) is 22.6 Å². The first kappa shape index (κ1) is 17.8. The highest BCUT2D eigenvalue weighted by Gasteiger charge is 2.47. The first-order chi connectivity index (χ1) is 12.3. The van der Waals surface area contributed by atoms with Gasteiger partial charge >= 0.3 is 5.69 Å². The van der Waals surface area contributed by atoms with Gasteiger partial charge in [0.05, 0.1) is 18.5 Å². The molecule has 1 aliphatic heterocycles. The molecule has 3 rings (SSSR count). The van der Waals surface area contributed by atoms with Crippen LogP contribution < -0.4 is 10.1 Å². The van der Waals surface area contributed by atoms with Gasteiger partial charge in [-0.15, -0.1) is 0 Å². The summed E-state index contributed by atoms with van der Waals surface area (Å²) in [6.45, 7) is 0. The maximum absolute atomic E-state index is 12.6. The zero-order valence-electron chi connectivity index (χ0n) is 13.5. The minimum absolute atomic E-state index is 0.000925. The van der Waals surface area contributed by atoms with Gasteiger partial charge in [-0.2, -0.15) is 0 Å². The number of hydrogen-bond donors (Lipinski definition) is 2. The molecule has 1 heterocycles. The van der Waals surface area contributed by atoms with Crippen LogP contribution in [0.4, 0.5) is 11.4 Å². The average Bonchev–Trinajstić information content (AvgIpc) is 2.85. The maximum Gasteiger partial charge on any atom is 0.311 e. The molecule has 1 unspecified atom stereocenters. The summed E-state index contributed by atoms with van der Waals surface area (Å²) >= 11 is 5.92. The molecule has 0 saturated carbocycles. The summed E-state index contributed by atoms with van der Waals surface area (Å²) in [6.07, 6.45) is -0.588. The predicted molar refractivity (Wildman–Crippen MR) is 92.6 cm³/mol. The molecule has 2 aromatic carbocycles. The number of benzene rings is 2. The standard InChI is InChI=1S/C17H13ClN2O6/c1-26-15-5-2-9(6-13(15)20(24)25)14(21)8-17(23)11-7-10(18)3-4-12(11)19-16(17)22/h2-7,23H,8H2,1H3,(H,19,22). The van der Waals surface area contributed by atoms with E-state index in [0.29, 0.717) is 10.7 Å². The molecule has 0 radical (unpaired) electrons. The summed E-state index contributed by atoms with van der Waals surface area (Å²) in [7, 11) is 1.27. The molecule has 0 bridgehead atoms. The van der Waals surface area contributed by atoms with Gasteiger partial charge in [0, 0.05) is 27.9 Å². The van der Waals surface area contributed by atoms with E-state index in [1.807, 2.05) is 0 Å². The number of halogens is 1. The number of nitrogens with one attached hydrogen (secondary N) is 1. The fourth-order valence-electron chi connectivity index (χ4n) is 2.83. The van der Waals surface area contributed by atoms with Gasteiger partial charge in [-0.25, -0.2) is 0 Å². The molecule has 9 heteroatoms. The molecule has 1 aliphatic rings. The van der Waals surface area contributed by atoms with Gasteiger partial charge in [-0.3, -0.25) is 19.7 Å². The molecule has 0 fully saturated rings. The summed E-state index contributed by atoms with van der Waals surface area (Å²) in [5, 5.41) is 24.7. The third-order valence-electron chi connectivity index (χ3n) is 4.16. The van der Waals surface area contributed by atoms with Crippen LogP contribution >= 0.6 is 11.6 Å². The monoisotopic (exact) mass is 376 g/mol. The molecule has 0 aromatic heterocycles. The highest BCUT2D eigenvalue weighted by atomic mass is 35.5. The first-order valence-corrected chi connectivity index (χ1v) is 7.83. The predicted octanol–water partition coefficient (Wildman–Crippen LogP) is 2.67. The van der Waals surface area contributed by atoms with Gasteiger partial charge in [0.1, 0.15) is 0 Å². The highest BCUT2D eigenvalue weighted by Crippen LogP contribution is 2.40. The minimum atomic E-state index is -2.11. The van der Waals surface area contributed by atoms with E-state index in [1.165, 1.54) is 31.4 Å². The van der Waals surface area contributed by atoms with Crippen molar-refractivity contribution in [1.82, 2.24) is 0 Å². The lowest BCUT2D eigenvalue weighted by molar-refractivity contribution is -0.385. The number of nitrogens with zero attached hydrogens (tertiary/aromatic N) is 1. The number of aliphatic hydroxyl groups is 1. The Kier molecular flexibility index (Phi) is 4.39. The number of anilines is 1. The van der Waals surface area contributed by atoms with Crippen molar-refractivity contribution in [3.63, 3.8) is 0 Å². The number of rotatable bonds is 5. The van der Waals surface area contributed by atoms with Gasteiger partial charge in [-0.1, -0.05) is 11.6 Å². The first-order valence-electron chi connectivity index (χ1n) is 7.46. The number of nitro groups is 1. The normalized spacial score (nSPS) is 18.2. The number of amides is 1. The average molecular weight is 377 g/mol. The van der Waals surface area contributed by atoms with Gasteiger partial charge < -0.3 is 15.2 Å². The van der Waals surface area contributed by atoms with E-state index in [0.717, 1.165) is 6.07 Å². The van der Waals surface area contributed by atoms with Crippen LogP contribution in [0.15, 0.2) is 36.4 Å². The van der Waals surface area contributed by atoms with E-state index in [2.05, 4.69) is 5.32 Å². The molecular weight excluding hydrogens is 364 g/mol. The van der Waals surface area contributed by atoms with Crippen LogP contribution in [-0.4, -0.2) is 28.8 Å². The SMILES string of the molecule is COc1ccc(C(=O)CC2(O)C(=O)Nc3ccc(Cl)cc32)cc1[N+](=O)[O-]. The Morgan fingerprint density at radius 1 is 1.35 bits per heavy atom. The zero-order chi connectivity index (χ0) is 19.1. The van der Waals surface area contributed by atoms with Crippen LogP contribution in [-0.2, 0) is 10.4 Å². The van der Waals surface area contributed by atoms with Crippen molar-refractivity contribution in [3.05, 3.63) is 62.7 Å². The summed E-state index contributed by atoms with van der Waals surface area (Å²) in [5.74, 6) is -1.40. The second-order valence-corrected chi connectivity index (χ2v) is 6.18. The molecule has 134 valence electrons. The number of carbonyl (C=O) groups is 2. The van der Waals surface area contributed by atoms with Crippen molar-refractivity contribution >= 4 is 34.7 Å². The third kappa shape index (κ3) is 2.89. The topological polar surface area (TPSA) is 119 Å². The van der Waals surface area contributed by atoms with Gasteiger partial charge in [0.25, 0.3) is 5.91 Å². The van der Waals surface area contributed by atoms with Crippen molar-refractivity contribution < 1.29 is 24.4 Å². The molecule has 0 aliphatic carbocycles. The Hall–Kier alpha value is -2.97. The summed E-state index contributed by atoms with van der Waals surface area (Å²) in [4.78, 5) is 35.2. The number of nitro benzene ring substituents is 1. The molecule has 1 amide bonds. The van der Waals surface area contributed by atoms with Crippen molar-refractivity contribution in [3.8, 4) is 5.75 Å². The fourth-order valence-corrected chi connectivity index (χ4v) is 3.00. The van der Waals surface area contributed by atoms with E-state index >= 15 is 0 Å². The van der Waals surface area contributed by atoms with Crippen LogP contribution in [0.1, 0.15) is 22.3 Å². The number of Topliss-reactive ketones (excluding diaryl/α,β-unsaturated/α-hetero) is 1. The Morgan fingerprint density at radius 2 is 2.08 bits per heavy atom. The lowest BCUT2D eigenvalue weighted by Crippen LogP contribution is -2.36. The Labute approximate surface area is 152 Å². The van der Waals surface area contributed by atoms with E-state index in [4.69, 9.17) is 16.3 Å². The van der Waals surface area contributed by atoms with Gasteiger partial charge in [-0.05, 0) is 30.3 Å². The lowest BCUT2D eigenvalue weighted by atomic mass is 9.88. The quantitative estimate of drug-likeness (QED) is 0.470. The number of ketones is 1. The molecule has 8 nitrogen and oxygen atoms in total. The number of methoxy groups -OCH3 is 1. The van der Waals surface area contributed by atoms with Crippen molar-refractivity contribution in [1.29, 1.82) is 0 Å². The van der Waals surface area contributed by atoms with Crippen LogP contribution in [0.5, 0.6) is 5.75 Å². The summed E-state index contributed by atoms with van der Waals surface area (Å²) < 4.78 is 4.89. The van der Waals surface area contributed by atoms with Crippen LogP contribution in [0, 0.1) is 10.1 Å². The molecule has 0 spiro atoms. The summed E-state index contributed by atoms with van der Waals surface area (Å²) in [6, 6.07) is 8.14. The minimum Gasteiger partial charge on any atom is -0.490 e. The van der Waals surface area contributed by atoms with E-state index in [9.17, 15) is 24.8 Å². The highest BCUT2D eigenvalue weighted by molar-refractivity contribution is 6.31. The number of ether oxygens (including phenoxy) is 1. The van der Waals surface area contributed by atoms with E-state index in [1.54, 1.807) is 6.07 Å². The lowest BCUT2D eigenvalue weighted by Gasteiger charge is -2.20. The molecular formula is C17H13ClN2O6. The molecule has 26 heavy (non-hydrogen) atoms. The fraction of sp³-hybridized carbons (Fsp3) is 0.176. The molecule has 0 saturated heterocycles. The molecule has 1 atom stereocenters. The smallest absolute Gasteiger partial charge is 0.311 e. The second-order valence-electron chi connectivity index (χ2n) is 5.75. The van der Waals surface area contributed by atoms with Crippen LogP contribution in [0.3, 0.4) is 0 Å². The Bertz CT molecular complexity index is 945. The van der Waals surface area contributed by atoms with E-state index < -0.39 is 28.6 Å². The van der Waals surface area contributed by atoms with Gasteiger partial charge in [0.15, 0.2) is 17.1 Å². The maximum atomic E-state index is 12.6. The Balaban J connectivity index is 1.96. The van der Waals surface area contributed by atoms with Crippen molar-refractivity contribution in [2.45, 2.75) is 12.0 Å². The summed E-state index contributed by atoms with van der Waals surface area (Å²) in [5.41, 5.74) is -1.97. The zero-order valence-corrected chi connectivity index (χ0v) is 14.2. The van der Waals surface area contributed by atoms with Crippen LogP contribution in [0.2, 0.25) is 5.02 Å². The molecule has 2 aromatic rings. The second kappa shape index (κ2) is 6.40. The van der Waals surface area contributed by atoms with Gasteiger partial charge in [0.2, 0.25) is 0 Å². The number of fused-ring (bicyclic) bond motifs is 1. The molecule has 2 N–H and O–H groups in total. The largest absolute Gasteiger partial charge is 0.490 e. The van der Waals surface area contributed by atoms with Crippen LogP contribution in [0.25, 0.3) is 0 Å².